The number of hydrogen-bond donors (Lipinski definition) is 0. The largest absolute Gasteiger partial charge is 0.493 e. The molecule has 2 aromatic rings. The molecule has 0 amide bonds. The van der Waals surface area contributed by atoms with E-state index >= 15 is 0 Å². The summed E-state index contributed by atoms with van der Waals surface area (Å²) >= 11 is 7.38. The molecule has 1 aromatic heterocycles. The minimum atomic E-state index is 0.483. The number of aryl methyl sites for hydroxylation is 1. The van der Waals surface area contributed by atoms with Gasteiger partial charge in [-0.25, -0.2) is 4.98 Å². The molecule has 1 heterocycles. The van der Waals surface area contributed by atoms with Gasteiger partial charge in [-0.2, -0.15) is 0 Å². The first kappa shape index (κ1) is 15.3. The minimum Gasteiger partial charge on any atom is -0.493 e. The van der Waals surface area contributed by atoms with E-state index in [1.165, 1.54) is 18.4 Å². The van der Waals surface area contributed by atoms with E-state index in [1.807, 2.05) is 5.38 Å². The van der Waals surface area contributed by atoms with Gasteiger partial charge in [-0.3, -0.25) is 0 Å². The molecule has 0 bridgehead atoms. The van der Waals surface area contributed by atoms with Gasteiger partial charge in [0.2, 0.25) is 0 Å². The van der Waals surface area contributed by atoms with Gasteiger partial charge >= 0.3 is 0 Å². The number of benzene rings is 1. The number of thiazole rings is 1. The average Bonchev–Trinajstić information content (AvgIpc) is 2.94. The Kier molecular flexibility index (Phi) is 6.34. The standard InChI is InChI=1S/C16H20ClNOS/c1-2-3-4-13-5-7-15(8-6-13)19-10-9-16-18-14(11-17)12-20-16/h5-8,12H,2-4,9-11H2,1H3. The van der Waals surface area contributed by atoms with Crippen LogP contribution < -0.4 is 4.74 Å². The lowest BCUT2D eigenvalue weighted by Crippen LogP contribution is -2.01. The van der Waals surface area contributed by atoms with Crippen molar-refractivity contribution in [3.05, 3.63) is 45.9 Å². The third kappa shape index (κ3) is 4.80. The lowest BCUT2D eigenvalue weighted by atomic mass is 10.1. The summed E-state index contributed by atoms with van der Waals surface area (Å²) in [7, 11) is 0. The van der Waals surface area contributed by atoms with E-state index in [1.54, 1.807) is 11.3 Å². The van der Waals surface area contributed by atoms with Crippen LogP contribution in [0.1, 0.15) is 36.0 Å². The van der Waals surface area contributed by atoms with Crippen LogP contribution in [0.4, 0.5) is 0 Å². The van der Waals surface area contributed by atoms with E-state index in [-0.39, 0.29) is 0 Å². The molecule has 0 N–H and O–H groups in total. The molecule has 0 aliphatic carbocycles. The van der Waals surface area contributed by atoms with Crippen LogP contribution in [0.25, 0.3) is 0 Å². The highest BCUT2D eigenvalue weighted by Gasteiger charge is 2.02. The normalized spacial score (nSPS) is 10.7. The third-order valence-electron chi connectivity index (χ3n) is 3.06. The molecule has 0 radical (unpaired) electrons. The van der Waals surface area contributed by atoms with Gasteiger partial charge in [0.25, 0.3) is 0 Å². The Bertz CT molecular complexity index is 509. The summed E-state index contributed by atoms with van der Waals surface area (Å²) in [5.41, 5.74) is 2.33. The summed E-state index contributed by atoms with van der Waals surface area (Å²) in [5.74, 6) is 1.41. The van der Waals surface area contributed by atoms with Crippen molar-refractivity contribution >= 4 is 22.9 Å². The van der Waals surface area contributed by atoms with Gasteiger partial charge < -0.3 is 4.74 Å². The first-order valence-electron chi connectivity index (χ1n) is 7.02. The van der Waals surface area contributed by atoms with Crippen LogP contribution in [0.5, 0.6) is 5.75 Å². The summed E-state index contributed by atoms with van der Waals surface area (Å²) in [6, 6.07) is 8.41. The van der Waals surface area contributed by atoms with Crippen LogP contribution in [0, 0.1) is 0 Å². The Morgan fingerprint density at radius 2 is 2.00 bits per heavy atom. The predicted molar refractivity (Wildman–Crippen MR) is 85.9 cm³/mol. The smallest absolute Gasteiger partial charge is 0.119 e. The molecule has 108 valence electrons. The summed E-state index contributed by atoms with van der Waals surface area (Å²) in [6.45, 7) is 2.87. The molecule has 0 fully saturated rings. The fourth-order valence-corrected chi connectivity index (χ4v) is 2.92. The predicted octanol–water partition coefficient (Wildman–Crippen LogP) is 4.85. The highest BCUT2D eigenvalue weighted by molar-refractivity contribution is 7.09. The van der Waals surface area contributed by atoms with Crippen molar-refractivity contribution in [1.29, 1.82) is 0 Å². The summed E-state index contributed by atoms with van der Waals surface area (Å²) in [5, 5.41) is 3.09. The highest BCUT2D eigenvalue weighted by Crippen LogP contribution is 2.16. The molecule has 2 nitrogen and oxygen atoms in total. The molecule has 4 heteroatoms. The first-order valence-corrected chi connectivity index (χ1v) is 8.44. The number of rotatable bonds is 8. The van der Waals surface area contributed by atoms with Crippen molar-refractivity contribution in [3.8, 4) is 5.75 Å². The molecule has 0 aliphatic heterocycles. The van der Waals surface area contributed by atoms with E-state index in [4.69, 9.17) is 16.3 Å². The molecule has 0 saturated heterocycles. The Labute approximate surface area is 129 Å². The van der Waals surface area contributed by atoms with Crippen molar-refractivity contribution in [2.24, 2.45) is 0 Å². The fourth-order valence-electron chi connectivity index (χ4n) is 1.91. The number of halogens is 1. The van der Waals surface area contributed by atoms with Crippen molar-refractivity contribution in [2.75, 3.05) is 6.61 Å². The van der Waals surface area contributed by atoms with Crippen molar-refractivity contribution in [2.45, 2.75) is 38.5 Å². The zero-order valence-corrected chi connectivity index (χ0v) is 13.3. The highest BCUT2D eigenvalue weighted by atomic mass is 35.5. The molecule has 0 unspecified atom stereocenters. The summed E-state index contributed by atoms with van der Waals surface area (Å²) < 4.78 is 5.75. The maximum Gasteiger partial charge on any atom is 0.119 e. The second-order valence-corrected chi connectivity index (χ2v) is 5.92. The summed E-state index contributed by atoms with van der Waals surface area (Å²) in [6.07, 6.45) is 4.46. The zero-order valence-electron chi connectivity index (χ0n) is 11.8. The minimum absolute atomic E-state index is 0.483. The van der Waals surface area contributed by atoms with Gasteiger partial charge in [0, 0.05) is 11.8 Å². The number of hydrogen-bond acceptors (Lipinski definition) is 3. The van der Waals surface area contributed by atoms with Gasteiger partial charge in [0.15, 0.2) is 0 Å². The lowest BCUT2D eigenvalue weighted by molar-refractivity contribution is 0.321. The Balaban J connectivity index is 1.76. The summed E-state index contributed by atoms with van der Waals surface area (Å²) in [4.78, 5) is 4.41. The molecule has 20 heavy (non-hydrogen) atoms. The molecule has 0 saturated carbocycles. The number of alkyl halides is 1. The molecule has 0 atom stereocenters. The van der Waals surface area contributed by atoms with Gasteiger partial charge in [-0.1, -0.05) is 25.5 Å². The van der Waals surface area contributed by atoms with Crippen LogP contribution in [-0.4, -0.2) is 11.6 Å². The van der Waals surface area contributed by atoms with E-state index in [9.17, 15) is 0 Å². The Morgan fingerprint density at radius 3 is 2.65 bits per heavy atom. The topological polar surface area (TPSA) is 22.1 Å². The molecular weight excluding hydrogens is 290 g/mol. The number of aromatic nitrogens is 1. The van der Waals surface area contributed by atoms with Crippen LogP contribution >= 0.6 is 22.9 Å². The lowest BCUT2D eigenvalue weighted by Gasteiger charge is -2.06. The number of unbranched alkanes of at least 4 members (excludes halogenated alkanes) is 1. The molecule has 0 aliphatic rings. The molecular formula is C16H20ClNOS. The molecule has 2 rings (SSSR count). The maximum absolute atomic E-state index is 5.75. The number of ether oxygens (including phenoxy) is 1. The van der Waals surface area contributed by atoms with Crippen LogP contribution in [0.3, 0.4) is 0 Å². The van der Waals surface area contributed by atoms with Crippen molar-refractivity contribution in [1.82, 2.24) is 4.98 Å². The van der Waals surface area contributed by atoms with Crippen LogP contribution in [0.15, 0.2) is 29.6 Å². The third-order valence-corrected chi connectivity index (χ3v) is 4.29. The van der Waals surface area contributed by atoms with Crippen LogP contribution in [-0.2, 0) is 18.7 Å². The second-order valence-electron chi connectivity index (χ2n) is 4.71. The Hall–Kier alpha value is -1.06. The maximum atomic E-state index is 5.75. The zero-order chi connectivity index (χ0) is 14.2. The second kappa shape index (κ2) is 8.28. The van der Waals surface area contributed by atoms with Gasteiger partial charge in [-0.15, -0.1) is 22.9 Å². The van der Waals surface area contributed by atoms with Gasteiger partial charge in [-0.05, 0) is 30.5 Å². The Morgan fingerprint density at radius 1 is 1.20 bits per heavy atom. The number of nitrogens with zero attached hydrogens (tertiary/aromatic N) is 1. The monoisotopic (exact) mass is 309 g/mol. The fraction of sp³-hybridized carbons (Fsp3) is 0.438. The van der Waals surface area contributed by atoms with E-state index in [0.29, 0.717) is 12.5 Å². The molecule has 0 spiro atoms. The molecule has 1 aromatic carbocycles. The quantitative estimate of drug-likeness (QED) is 0.651. The van der Waals surface area contributed by atoms with Crippen LogP contribution in [0.2, 0.25) is 0 Å². The van der Waals surface area contributed by atoms with Crippen molar-refractivity contribution < 1.29 is 4.74 Å². The van der Waals surface area contributed by atoms with E-state index < -0.39 is 0 Å². The first-order chi connectivity index (χ1) is 9.81. The van der Waals surface area contributed by atoms with Crippen molar-refractivity contribution in [3.63, 3.8) is 0 Å². The van der Waals surface area contributed by atoms with Gasteiger partial charge in [0.1, 0.15) is 5.75 Å². The van der Waals surface area contributed by atoms with E-state index in [0.717, 1.165) is 29.3 Å². The SMILES string of the molecule is CCCCc1ccc(OCCc2nc(CCl)cs2)cc1. The van der Waals surface area contributed by atoms with E-state index in [2.05, 4.69) is 36.2 Å². The van der Waals surface area contributed by atoms with Gasteiger partial charge in [0.05, 0.1) is 23.2 Å². The average molecular weight is 310 g/mol.